The van der Waals surface area contributed by atoms with Gasteiger partial charge in [0.1, 0.15) is 0 Å². The van der Waals surface area contributed by atoms with Crippen molar-refractivity contribution in [3.63, 3.8) is 0 Å². The largest absolute Gasteiger partial charge is 0.365 e. The zero-order valence-electron chi connectivity index (χ0n) is 15.1. The van der Waals surface area contributed by atoms with Crippen molar-refractivity contribution in [2.24, 2.45) is 0 Å². The van der Waals surface area contributed by atoms with E-state index in [0.717, 1.165) is 25.1 Å². The summed E-state index contributed by atoms with van der Waals surface area (Å²) < 4.78 is 0. The molecule has 0 saturated heterocycles. The van der Waals surface area contributed by atoms with E-state index in [9.17, 15) is 4.79 Å². The van der Waals surface area contributed by atoms with Crippen molar-refractivity contribution in [2.45, 2.75) is 18.3 Å². The van der Waals surface area contributed by atoms with E-state index >= 15 is 0 Å². The van der Waals surface area contributed by atoms with Crippen LogP contribution >= 0.6 is 0 Å². The summed E-state index contributed by atoms with van der Waals surface area (Å²) in [6.45, 7) is 1.08. The van der Waals surface area contributed by atoms with E-state index in [1.54, 1.807) is 0 Å². The fraction of sp³-hybridized carbons (Fsp3) is 0.261. The molecule has 0 aromatic heterocycles. The van der Waals surface area contributed by atoms with Crippen molar-refractivity contribution < 1.29 is 4.79 Å². The lowest BCUT2D eigenvalue weighted by Gasteiger charge is -2.22. The highest BCUT2D eigenvalue weighted by molar-refractivity contribution is 5.95. The highest BCUT2D eigenvalue weighted by Crippen LogP contribution is 2.47. The van der Waals surface area contributed by atoms with E-state index in [2.05, 4.69) is 53.8 Å². The fourth-order valence-electron chi connectivity index (χ4n) is 3.68. The Kier molecular flexibility index (Phi) is 4.37. The Morgan fingerprint density at radius 1 is 0.962 bits per heavy atom. The lowest BCUT2D eigenvalue weighted by molar-refractivity contribution is -0.119. The molecule has 3 aromatic rings. The summed E-state index contributed by atoms with van der Waals surface area (Å²) in [5.74, 6) is 0.0719. The number of carbonyl (C=O) groups excluding carboxylic acids is 1. The molecular weight excluding hydrogens is 320 g/mol. The summed E-state index contributed by atoms with van der Waals surface area (Å²) in [5.41, 5.74) is 2.57. The van der Waals surface area contributed by atoms with Gasteiger partial charge in [0.05, 0.1) is 6.54 Å². The Labute approximate surface area is 154 Å². The molecule has 1 amide bonds. The molecule has 1 aliphatic rings. The molecule has 26 heavy (non-hydrogen) atoms. The quantitative estimate of drug-likeness (QED) is 0.729. The van der Waals surface area contributed by atoms with E-state index < -0.39 is 0 Å². The zero-order valence-corrected chi connectivity index (χ0v) is 15.1. The van der Waals surface area contributed by atoms with Gasteiger partial charge in [0.15, 0.2) is 0 Å². The van der Waals surface area contributed by atoms with Gasteiger partial charge in [-0.3, -0.25) is 4.79 Å². The number of hydrogen-bond donors (Lipinski definition) is 1. The number of benzene rings is 3. The number of nitrogens with zero attached hydrogens (tertiary/aromatic N) is 1. The van der Waals surface area contributed by atoms with Crippen LogP contribution in [0.2, 0.25) is 0 Å². The second kappa shape index (κ2) is 6.83. The van der Waals surface area contributed by atoms with E-state index in [4.69, 9.17) is 0 Å². The monoisotopic (exact) mass is 344 g/mol. The molecule has 132 valence electrons. The number of fused-ring (bicyclic) bond motifs is 1. The van der Waals surface area contributed by atoms with E-state index in [-0.39, 0.29) is 11.3 Å². The first-order chi connectivity index (χ1) is 12.7. The van der Waals surface area contributed by atoms with Crippen molar-refractivity contribution in [2.75, 3.05) is 25.0 Å². The Hall–Kier alpha value is -2.81. The predicted octanol–water partition coefficient (Wildman–Crippen LogP) is 4.12. The van der Waals surface area contributed by atoms with Gasteiger partial charge in [-0.1, -0.05) is 66.7 Å². The van der Waals surface area contributed by atoms with E-state index in [0.29, 0.717) is 6.54 Å². The number of rotatable bonds is 6. The number of anilines is 1. The number of amides is 1. The van der Waals surface area contributed by atoms with Gasteiger partial charge in [-0.25, -0.2) is 0 Å². The van der Waals surface area contributed by atoms with Gasteiger partial charge >= 0.3 is 0 Å². The molecule has 3 heteroatoms. The van der Waals surface area contributed by atoms with Crippen LogP contribution in [-0.4, -0.2) is 26.0 Å². The van der Waals surface area contributed by atoms with Gasteiger partial charge in [0, 0.05) is 30.1 Å². The van der Waals surface area contributed by atoms with Crippen LogP contribution in [0.1, 0.15) is 18.4 Å². The van der Waals surface area contributed by atoms with Crippen LogP contribution in [0.5, 0.6) is 0 Å². The first-order valence-corrected chi connectivity index (χ1v) is 9.19. The van der Waals surface area contributed by atoms with E-state index in [1.165, 1.54) is 16.3 Å². The maximum atomic E-state index is 12.5. The molecule has 0 unspecified atom stereocenters. The van der Waals surface area contributed by atoms with Crippen LogP contribution in [0.25, 0.3) is 10.8 Å². The van der Waals surface area contributed by atoms with Gasteiger partial charge in [-0.2, -0.15) is 0 Å². The number of likely N-dealkylation sites (N-methyl/N-ethyl adjacent to an activating group) is 1. The topological polar surface area (TPSA) is 32.3 Å². The zero-order chi connectivity index (χ0) is 18.0. The average Bonchev–Trinajstić information content (AvgIpc) is 3.48. The first-order valence-electron chi connectivity index (χ1n) is 9.19. The molecule has 0 heterocycles. The number of carbonyl (C=O) groups is 1. The van der Waals surface area contributed by atoms with Gasteiger partial charge in [-0.05, 0) is 29.9 Å². The summed E-state index contributed by atoms with van der Waals surface area (Å²) in [6.07, 6.45) is 2.30. The molecule has 1 N–H and O–H groups in total. The van der Waals surface area contributed by atoms with Crippen molar-refractivity contribution >= 4 is 22.4 Å². The summed E-state index contributed by atoms with van der Waals surface area (Å²) in [4.78, 5) is 14.5. The molecule has 4 rings (SSSR count). The normalized spacial score (nSPS) is 14.8. The van der Waals surface area contributed by atoms with Crippen LogP contribution in [0.15, 0.2) is 72.8 Å². The molecule has 0 aliphatic heterocycles. The molecule has 1 saturated carbocycles. The minimum atomic E-state index is 0.0719. The maximum Gasteiger partial charge on any atom is 0.239 e. The molecular formula is C23H24N2O. The third kappa shape index (κ3) is 3.30. The maximum absolute atomic E-state index is 12.5. The average molecular weight is 344 g/mol. The summed E-state index contributed by atoms with van der Waals surface area (Å²) in [5, 5.41) is 5.52. The Morgan fingerprint density at radius 2 is 1.65 bits per heavy atom. The second-order valence-corrected chi connectivity index (χ2v) is 7.28. The van der Waals surface area contributed by atoms with Crippen LogP contribution in [0, 0.1) is 0 Å². The smallest absolute Gasteiger partial charge is 0.239 e. The van der Waals surface area contributed by atoms with Gasteiger partial charge in [-0.15, -0.1) is 0 Å². The first kappa shape index (κ1) is 16.6. The predicted molar refractivity (Wildman–Crippen MR) is 108 cm³/mol. The summed E-state index contributed by atoms with van der Waals surface area (Å²) >= 11 is 0. The Morgan fingerprint density at radius 3 is 2.42 bits per heavy atom. The van der Waals surface area contributed by atoms with Crippen molar-refractivity contribution in [3.05, 3.63) is 78.4 Å². The van der Waals surface area contributed by atoms with Crippen LogP contribution in [0.3, 0.4) is 0 Å². The van der Waals surface area contributed by atoms with Crippen LogP contribution < -0.4 is 10.2 Å². The second-order valence-electron chi connectivity index (χ2n) is 7.28. The van der Waals surface area contributed by atoms with Gasteiger partial charge in [0.2, 0.25) is 5.91 Å². The number of hydrogen-bond acceptors (Lipinski definition) is 2. The minimum absolute atomic E-state index is 0.0719. The summed E-state index contributed by atoms with van der Waals surface area (Å²) in [7, 11) is 1.98. The molecule has 0 radical (unpaired) electrons. The highest BCUT2D eigenvalue weighted by atomic mass is 16.2. The summed E-state index contributed by atoms with van der Waals surface area (Å²) in [6, 6.07) is 25.0. The van der Waals surface area contributed by atoms with Crippen molar-refractivity contribution in [3.8, 4) is 0 Å². The molecule has 0 spiro atoms. The number of nitrogens with one attached hydrogen (secondary N) is 1. The van der Waals surface area contributed by atoms with Crippen molar-refractivity contribution in [1.29, 1.82) is 0 Å². The lowest BCUT2D eigenvalue weighted by atomic mass is 9.96. The Balaban J connectivity index is 1.40. The fourth-order valence-corrected chi connectivity index (χ4v) is 3.68. The molecule has 0 bridgehead atoms. The van der Waals surface area contributed by atoms with E-state index in [1.807, 2.05) is 36.2 Å². The molecule has 3 nitrogen and oxygen atoms in total. The minimum Gasteiger partial charge on any atom is -0.365 e. The SMILES string of the molecule is CN(CC(=O)NCC1(c2ccccc2)CC1)c1cccc2ccccc12. The van der Waals surface area contributed by atoms with Crippen LogP contribution in [0.4, 0.5) is 5.69 Å². The standard InChI is InChI=1S/C23H24N2O/c1-25(21-13-7-9-18-8-5-6-12-20(18)21)16-22(26)24-17-23(14-15-23)19-10-3-2-4-11-19/h2-13H,14-17H2,1H3,(H,24,26). The Bertz CT molecular complexity index is 910. The third-order valence-corrected chi connectivity index (χ3v) is 5.42. The molecule has 1 aliphatic carbocycles. The molecule has 1 fully saturated rings. The van der Waals surface area contributed by atoms with Crippen LogP contribution in [-0.2, 0) is 10.2 Å². The molecule has 3 aromatic carbocycles. The third-order valence-electron chi connectivity index (χ3n) is 5.42. The lowest BCUT2D eigenvalue weighted by Crippen LogP contribution is -2.39. The molecule has 0 atom stereocenters. The van der Waals surface area contributed by atoms with Gasteiger partial charge in [0.25, 0.3) is 0 Å². The van der Waals surface area contributed by atoms with Gasteiger partial charge < -0.3 is 10.2 Å². The highest BCUT2D eigenvalue weighted by Gasteiger charge is 2.44. The van der Waals surface area contributed by atoms with Crippen molar-refractivity contribution in [1.82, 2.24) is 5.32 Å².